The molecule has 0 bridgehead atoms. The van der Waals surface area contributed by atoms with Crippen molar-refractivity contribution in [3.05, 3.63) is 23.2 Å². The second-order valence-corrected chi connectivity index (χ2v) is 6.24. The van der Waals surface area contributed by atoms with Crippen LogP contribution >= 0.6 is 35.6 Å². The first-order valence-corrected chi connectivity index (χ1v) is 7.91. The number of nitrogens with zero attached hydrogens (tertiary/aromatic N) is 1. The van der Waals surface area contributed by atoms with Crippen molar-refractivity contribution in [3.63, 3.8) is 0 Å². The maximum absolute atomic E-state index is 6.09. The van der Waals surface area contributed by atoms with Crippen LogP contribution in [0.25, 0.3) is 0 Å². The molecule has 2 rings (SSSR count). The molecule has 1 aromatic carbocycles. The molecule has 5 nitrogen and oxygen atoms in total. The van der Waals surface area contributed by atoms with Crippen molar-refractivity contribution in [1.29, 1.82) is 0 Å². The van der Waals surface area contributed by atoms with E-state index in [-0.39, 0.29) is 30.1 Å². The normalized spacial score (nSPS) is 21.2. The molecular formula is C16H25ClIN3O2. The van der Waals surface area contributed by atoms with Crippen LogP contribution in [0.2, 0.25) is 5.02 Å². The molecule has 1 aliphatic rings. The molecule has 7 heteroatoms. The number of nitrogens with one attached hydrogen (secondary N) is 1. The van der Waals surface area contributed by atoms with Crippen LogP contribution in [-0.2, 0) is 4.74 Å². The third kappa shape index (κ3) is 5.69. The summed E-state index contributed by atoms with van der Waals surface area (Å²) < 4.78 is 10.9. The highest BCUT2D eigenvalue weighted by Gasteiger charge is 2.30. The Morgan fingerprint density at radius 3 is 2.87 bits per heavy atom. The lowest BCUT2D eigenvalue weighted by atomic mass is 9.93. The van der Waals surface area contributed by atoms with Gasteiger partial charge in [0.25, 0.3) is 0 Å². The second-order valence-electron chi connectivity index (χ2n) is 5.83. The van der Waals surface area contributed by atoms with E-state index in [0.29, 0.717) is 35.1 Å². The molecule has 0 spiro atoms. The first-order chi connectivity index (χ1) is 10.5. The molecule has 1 saturated heterocycles. The van der Waals surface area contributed by atoms with Gasteiger partial charge in [-0.05, 0) is 30.5 Å². The summed E-state index contributed by atoms with van der Waals surface area (Å²) in [6.07, 6.45) is 1.31. The second kappa shape index (κ2) is 9.54. The van der Waals surface area contributed by atoms with Crippen molar-refractivity contribution >= 4 is 47.2 Å². The highest BCUT2D eigenvalue weighted by Crippen LogP contribution is 2.28. The zero-order valence-electron chi connectivity index (χ0n) is 13.7. The first-order valence-electron chi connectivity index (χ1n) is 7.53. The maximum atomic E-state index is 6.09. The van der Waals surface area contributed by atoms with E-state index >= 15 is 0 Å². The van der Waals surface area contributed by atoms with E-state index in [0.717, 1.165) is 18.7 Å². The molecule has 1 aromatic rings. The van der Waals surface area contributed by atoms with Crippen LogP contribution in [0.4, 0.5) is 5.69 Å². The zero-order valence-corrected chi connectivity index (χ0v) is 16.8. The van der Waals surface area contributed by atoms with E-state index < -0.39 is 0 Å². The van der Waals surface area contributed by atoms with E-state index in [9.17, 15) is 0 Å². The van der Waals surface area contributed by atoms with Gasteiger partial charge in [-0.25, -0.2) is 0 Å². The van der Waals surface area contributed by atoms with Crippen molar-refractivity contribution in [3.8, 4) is 5.75 Å². The summed E-state index contributed by atoms with van der Waals surface area (Å²) in [5.41, 5.74) is 6.74. The van der Waals surface area contributed by atoms with E-state index in [2.05, 4.69) is 24.2 Å². The number of nitrogens with two attached hydrogens (primary N) is 1. The van der Waals surface area contributed by atoms with E-state index in [1.165, 1.54) is 0 Å². The van der Waals surface area contributed by atoms with E-state index in [1.807, 2.05) is 6.07 Å². The minimum Gasteiger partial charge on any atom is -0.495 e. The Hall–Kier alpha value is -0.730. The van der Waals surface area contributed by atoms with Crippen LogP contribution in [-0.4, -0.2) is 32.3 Å². The van der Waals surface area contributed by atoms with Crippen molar-refractivity contribution in [2.75, 3.05) is 25.6 Å². The smallest absolute Gasteiger partial charge is 0.193 e. The summed E-state index contributed by atoms with van der Waals surface area (Å²) >= 11 is 6.09. The van der Waals surface area contributed by atoms with Gasteiger partial charge in [0.05, 0.1) is 18.2 Å². The number of aliphatic imine (C=N–C) groups is 1. The van der Waals surface area contributed by atoms with Crippen LogP contribution in [0.5, 0.6) is 5.75 Å². The van der Waals surface area contributed by atoms with Gasteiger partial charge in [0.2, 0.25) is 0 Å². The van der Waals surface area contributed by atoms with Crippen LogP contribution in [0.3, 0.4) is 0 Å². The fourth-order valence-electron chi connectivity index (χ4n) is 2.73. The van der Waals surface area contributed by atoms with Gasteiger partial charge in [0.15, 0.2) is 5.96 Å². The monoisotopic (exact) mass is 453 g/mol. The Kier molecular flexibility index (Phi) is 8.42. The molecule has 23 heavy (non-hydrogen) atoms. The first kappa shape index (κ1) is 20.3. The Balaban J connectivity index is 0.00000264. The SMILES string of the molecule is COc1ccc(NC(N)=NCC2CCOC2C(C)C)cc1Cl.I. The van der Waals surface area contributed by atoms with Crippen molar-refractivity contribution in [2.24, 2.45) is 22.6 Å². The summed E-state index contributed by atoms with van der Waals surface area (Å²) in [5, 5.41) is 3.58. The average molecular weight is 454 g/mol. The molecule has 1 aliphatic heterocycles. The molecule has 0 aromatic heterocycles. The van der Waals surface area contributed by atoms with Crippen LogP contribution in [0, 0.1) is 11.8 Å². The fourth-order valence-corrected chi connectivity index (χ4v) is 2.99. The van der Waals surface area contributed by atoms with Gasteiger partial charge < -0.3 is 20.5 Å². The van der Waals surface area contributed by atoms with Gasteiger partial charge in [-0.3, -0.25) is 4.99 Å². The van der Waals surface area contributed by atoms with Gasteiger partial charge >= 0.3 is 0 Å². The molecule has 0 radical (unpaired) electrons. The summed E-state index contributed by atoms with van der Waals surface area (Å²) in [6.45, 7) is 5.83. The highest BCUT2D eigenvalue weighted by atomic mass is 127. The Morgan fingerprint density at radius 2 is 2.26 bits per heavy atom. The number of rotatable bonds is 5. The number of anilines is 1. The fraction of sp³-hybridized carbons (Fsp3) is 0.562. The van der Waals surface area contributed by atoms with Crippen LogP contribution in [0.15, 0.2) is 23.2 Å². The van der Waals surface area contributed by atoms with Crippen LogP contribution < -0.4 is 15.8 Å². The maximum Gasteiger partial charge on any atom is 0.193 e. The molecule has 130 valence electrons. The average Bonchev–Trinajstić information content (AvgIpc) is 2.94. The lowest BCUT2D eigenvalue weighted by Crippen LogP contribution is -2.27. The van der Waals surface area contributed by atoms with Gasteiger partial charge in [-0.2, -0.15) is 0 Å². The Morgan fingerprint density at radius 1 is 1.52 bits per heavy atom. The number of benzene rings is 1. The Bertz CT molecular complexity index is 540. The summed E-state index contributed by atoms with van der Waals surface area (Å²) in [5.74, 6) is 1.94. The lowest BCUT2D eigenvalue weighted by Gasteiger charge is -2.20. The molecule has 1 fully saturated rings. The van der Waals surface area contributed by atoms with Crippen molar-refractivity contribution < 1.29 is 9.47 Å². The predicted octanol–water partition coefficient (Wildman–Crippen LogP) is 3.75. The van der Waals surface area contributed by atoms with E-state index in [1.54, 1.807) is 19.2 Å². The number of methoxy groups -OCH3 is 1. The van der Waals surface area contributed by atoms with Gasteiger partial charge in [-0.1, -0.05) is 25.4 Å². The molecular weight excluding hydrogens is 429 g/mol. The molecule has 0 aliphatic carbocycles. The minimum absolute atomic E-state index is 0. The number of ether oxygens (including phenoxy) is 2. The summed E-state index contributed by atoms with van der Waals surface area (Å²) in [6, 6.07) is 5.40. The standard InChI is InChI=1S/C16H24ClN3O2.HI/c1-10(2)15-11(6-7-22-15)9-19-16(18)20-12-4-5-14(21-3)13(17)8-12;/h4-5,8,10-11,15H,6-7,9H2,1-3H3,(H3,18,19,20);1H. The quantitative estimate of drug-likeness (QED) is 0.405. The number of halogens is 2. The van der Waals surface area contributed by atoms with Gasteiger partial charge in [0.1, 0.15) is 5.75 Å². The Labute approximate surface area is 160 Å². The topological polar surface area (TPSA) is 68.9 Å². The molecule has 1 heterocycles. The number of hydrogen-bond acceptors (Lipinski definition) is 3. The summed E-state index contributed by atoms with van der Waals surface area (Å²) in [7, 11) is 1.58. The van der Waals surface area contributed by atoms with Gasteiger partial charge in [0, 0.05) is 24.8 Å². The van der Waals surface area contributed by atoms with Crippen molar-refractivity contribution in [1.82, 2.24) is 0 Å². The summed E-state index contributed by atoms with van der Waals surface area (Å²) in [4.78, 5) is 4.44. The number of hydrogen-bond donors (Lipinski definition) is 2. The largest absolute Gasteiger partial charge is 0.495 e. The molecule has 0 amide bonds. The predicted molar refractivity (Wildman–Crippen MR) is 106 cm³/mol. The zero-order chi connectivity index (χ0) is 16.1. The van der Waals surface area contributed by atoms with E-state index in [4.69, 9.17) is 26.8 Å². The third-order valence-corrected chi connectivity index (χ3v) is 4.14. The highest BCUT2D eigenvalue weighted by molar-refractivity contribution is 14.0. The van der Waals surface area contributed by atoms with Crippen molar-refractivity contribution in [2.45, 2.75) is 26.4 Å². The number of guanidine groups is 1. The minimum atomic E-state index is 0. The lowest BCUT2D eigenvalue weighted by molar-refractivity contribution is 0.0559. The molecule has 2 atom stereocenters. The molecule has 3 N–H and O–H groups in total. The molecule has 2 unspecified atom stereocenters. The third-order valence-electron chi connectivity index (χ3n) is 3.84. The van der Waals surface area contributed by atoms with Crippen LogP contribution in [0.1, 0.15) is 20.3 Å². The molecule has 0 saturated carbocycles. The van der Waals surface area contributed by atoms with Gasteiger partial charge in [-0.15, -0.1) is 24.0 Å².